The first-order chi connectivity index (χ1) is 10.7. The van der Waals surface area contributed by atoms with Crippen molar-refractivity contribution in [2.24, 2.45) is 16.8 Å². The second-order valence-corrected chi connectivity index (χ2v) is 5.50. The van der Waals surface area contributed by atoms with Gasteiger partial charge in [0, 0.05) is 12.6 Å². The van der Waals surface area contributed by atoms with Crippen LogP contribution in [0.5, 0.6) is 5.75 Å². The van der Waals surface area contributed by atoms with Gasteiger partial charge in [-0.15, -0.1) is 0 Å². The molecule has 1 aromatic carbocycles. The van der Waals surface area contributed by atoms with Crippen LogP contribution in [0.1, 0.15) is 12.0 Å². The number of nitrogens with one attached hydrogen (secondary N) is 1. The first kappa shape index (κ1) is 16.4. The highest BCUT2D eigenvalue weighted by Crippen LogP contribution is 2.40. The Balaban J connectivity index is 0.000000238. The largest absolute Gasteiger partial charge is 0.497 e. The molecule has 1 aliphatic carbocycles. The van der Waals surface area contributed by atoms with Crippen LogP contribution in [0.25, 0.3) is 5.57 Å². The Hall–Kier alpha value is -1.94. The quantitative estimate of drug-likeness (QED) is 0.682. The highest BCUT2D eigenvalue weighted by molar-refractivity contribution is 5.91. The molecule has 0 unspecified atom stereocenters. The van der Waals surface area contributed by atoms with E-state index in [0.29, 0.717) is 5.57 Å². The molecule has 0 bridgehead atoms. The molecule has 2 atom stereocenters. The van der Waals surface area contributed by atoms with Crippen LogP contribution in [-0.2, 0) is 0 Å². The van der Waals surface area contributed by atoms with E-state index >= 15 is 0 Å². The predicted molar refractivity (Wildman–Crippen MR) is 90.1 cm³/mol. The average molecular weight is 302 g/mol. The van der Waals surface area contributed by atoms with Crippen molar-refractivity contribution in [3.05, 3.63) is 48.3 Å². The van der Waals surface area contributed by atoms with Crippen LogP contribution in [-0.4, -0.2) is 33.5 Å². The molecule has 1 N–H and O–H groups in total. The first-order valence-corrected chi connectivity index (χ1v) is 7.49. The van der Waals surface area contributed by atoms with Crippen molar-refractivity contribution < 1.29 is 9.13 Å². The van der Waals surface area contributed by atoms with Gasteiger partial charge in [0.2, 0.25) is 0 Å². The van der Waals surface area contributed by atoms with Crippen LogP contribution < -0.4 is 10.1 Å². The zero-order valence-corrected chi connectivity index (χ0v) is 13.2. The zero-order chi connectivity index (χ0) is 15.9. The molecule has 2 fully saturated rings. The number of hydrogen-bond acceptors (Lipinski definition) is 3. The lowest BCUT2D eigenvalue weighted by atomic mass is 10.1. The van der Waals surface area contributed by atoms with Gasteiger partial charge in [0.05, 0.1) is 13.3 Å². The van der Waals surface area contributed by atoms with E-state index < -0.39 is 5.83 Å². The molecule has 118 valence electrons. The second kappa shape index (κ2) is 7.90. The molecule has 1 aromatic rings. The average Bonchev–Trinajstić information content (AvgIpc) is 3.15. The molecule has 3 rings (SSSR count). The van der Waals surface area contributed by atoms with Gasteiger partial charge < -0.3 is 10.1 Å². The number of fused-ring (bicyclic) bond motifs is 1. The Morgan fingerprint density at radius 1 is 1.32 bits per heavy atom. The molecule has 0 radical (unpaired) electrons. The third kappa shape index (κ3) is 4.28. The highest BCUT2D eigenvalue weighted by atomic mass is 19.1. The van der Waals surface area contributed by atoms with Gasteiger partial charge >= 0.3 is 0 Å². The van der Waals surface area contributed by atoms with Crippen molar-refractivity contribution in [1.29, 1.82) is 0 Å². The Bertz CT molecular complexity index is 555. The number of rotatable bonds is 4. The number of piperidine rings is 1. The summed E-state index contributed by atoms with van der Waals surface area (Å²) in [6.07, 6.45) is 4.16. The van der Waals surface area contributed by atoms with Crippen molar-refractivity contribution in [2.45, 2.75) is 6.42 Å². The van der Waals surface area contributed by atoms with Crippen LogP contribution in [0, 0.1) is 11.8 Å². The van der Waals surface area contributed by atoms with Gasteiger partial charge in [0.15, 0.2) is 0 Å². The molecule has 1 aliphatic heterocycles. The number of ether oxygens (including phenoxy) is 1. The van der Waals surface area contributed by atoms with Gasteiger partial charge in [-0.3, -0.25) is 4.99 Å². The highest BCUT2D eigenvalue weighted by Gasteiger charge is 2.40. The van der Waals surface area contributed by atoms with E-state index in [1.165, 1.54) is 38.8 Å². The molecule has 3 nitrogen and oxygen atoms in total. The van der Waals surface area contributed by atoms with E-state index in [0.717, 1.165) is 23.1 Å². The normalized spacial score (nSPS) is 23.2. The Morgan fingerprint density at radius 2 is 1.95 bits per heavy atom. The van der Waals surface area contributed by atoms with Gasteiger partial charge in [0.1, 0.15) is 11.6 Å². The zero-order valence-electron chi connectivity index (χ0n) is 13.2. The number of allylic oxidation sites excluding steroid dienone is 3. The summed E-state index contributed by atoms with van der Waals surface area (Å²) in [6, 6.07) is 7.10. The van der Waals surface area contributed by atoms with Crippen LogP contribution >= 0.6 is 0 Å². The molecular weight excluding hydrogens is 279 g/mol. The predicted octanol–water partition coefficient (Wildman–Crippen LogP) is 3.49. The Kier molecular flexibility index (Phi) is 5.90. The molecule has 0 aromatic heterocycles. The molecular formula is C18H23FN2O. The lowest BCUT2D eigenvalue weighted by molar-refractivity contribution is 0.415. The van der Waals surface area contributed by atoms with Gasteiger partial charge in [-0.2, -0.15) is 0 Å². The fourth-order valence-electron chi connectivity index (χ4n) is 2.57. The molecule has 1 saturated carbocycles. The second-order valence-electron chi connectivity index (χ2n) is 5.50. The number of hydrogen-bond donors (Lipinski definition) is 1. The summed E-state index contributed by atoms with van der Waals surface area (Å²) in [7, 11) is 3.11. The maximum atomic E-state index is 13.6. The fourth-order valence-corrected chi connectivity index (χ4v) is 2.57. The van der Waals surface area contributed by atoms with Crippen molar-refractivity contribution >= 4 is 11.8 Å². The SMILES string of the molecule is C1NC[C@H]2C[C@@H]12.C=C/C(=C(/F)C=NC)c1ccc(OC)cc1. The van der Waals surface area contributed by atoms with E-state index in [1.54, 1.807) is 31.4 Å². The van der Waals surface area contributed by atoms with Crippen LogP contribution in [0.15, 0.2) is 47.7 Å². The number of nitrogens with zero attached hydrogens (tertiary/aromatic N) is 1. The summed E-state index contributed by atoms with van der Waals surface area (Å²) in [5, 5.41) is 3.32. The Morgan fingerprint density at radius 3 is 2.32 bits per heavy atom. The van der Waals surface area contributed by atoms with Crippen molar-refractivity contribution in [3.63, 3.8) is 0 Å². The summed E-state index contributed by atoms with van der Waals surface area (Å²) < 4.78 is 18.6. The van der Waals surface area contributed by atoms with Crippen molar-refractivity contribution in [3.8, 4) is 5.75 Å². The van der Waals surface area contributed by atoms with Gasteiger partial charge in [-0.05, 0) is 49.0 Å². The summed E-state index contributed by atoms with van der Waals surface area (Å²) in [5.41, 5.74) is 1.17. The van der Waals surface area contributed by atoms with Crippen LogP contribution in [0.4, 0.5) is 4.39 Å². The van der Waals surface area contributed by atoms with Crippen LogP contribution in [0.3, 0.4) is 0 Å². The first-order valence-electron chi connectivity index (χ1n) is 7.49. The van der Waals surface area contributed by atoms with Gasteiger partial charge in [0.25, 0.3) is 0 Å². The minimum atomic E-state index is -0.400. The summed E-state index contributed by atoms with van der Waals surface area (Å²) in [4.78, 5) is 3.63. The molecule has 22 heavy (non-hydrogen) atoms. The maximum absolute atomic E-state index is 13.6. The van der Waals surface area contributed by atoms with E-state index in [2.05, 4.69) is 16.9 Å². The number of methoxy groups -OCH3 is 1. The van der Waals surface area contributed by atoms with Crippen molar-refractivity contribution in [2.75, 3.05) is 27.2 Å². The topological polar surface area (TPSA) is 33.6 Å². The standard InChI is InChI=1S/C13H14FNO.C5H9N/c1-4-12(13(14)9-15-2)10-5-7-11(16-3)8-6-10;1-4-2-6-3-5(1)4/h4-9H,1H2,2-3H3;4-6H,1-3H2/b13-12-,15-9?;/t;4-,5+. The van der Waals surface area contributed by atoms with Crippen LogP contribution in [0.2, 0.25) is 0 Å². The molecule has 0 spiro atoms. The van der Waals surface area contributed by atoms with E-state index in [1.807, 2.05) is 0 Å². The van der Waals surface area contributed by atoms with Gasteiger partial charge in [-0.25, -0.2) is 4.39 Å². The monoisotopic (exact) mass is 302 g/mol. The van der Waals surface area contributed by atoms with E-state index in [4.69, 9.17) is 4.74 Å². The fraction of sp³-hybridized carbons (Fsp3) is 0.389. The third-order valence-corrected chi connectivity index (χ3v) is 3.99. The summed E-state index contributed by atoms with van der Waals surface area (Å²) in [5.74, 6) is 2.54. The van der Waals surface area contributed by atoms with E-state index in [9.17, 15) is 4.39 Å². The lowest BCUT2D eigenvalue weighted by Gasteiger charge is -2.04. The smallest absolute Gasteiger partial charge is 0.148 e. The Labute approximate surface area is 131 Å². The van der Waals surface area contributed by atoms with E-state index in [-0.39, 0.29) is 0 Å². The summed E-state index contributed by atoms with van der Waals surface area (Å²) >= 11 is 0. The molecule has 4 heteroatoms. The number of benzene rings is 1. The minimum Gasteiger partial charge on any atom is -0.497 e. The number of aliphatic imine (C=N–C) groups is 1. The maximum Gasteiger partial charge on any atom is 0.148 e. The third-order valence-electron chi connectivity index (χ3n) is 3.99. The molecule has 2 aliphatic rings. The van der Waals surface area contributed by atoms with Crippen molar-refractivity contribution in [1.82, 2.24) is 5.32 Å². The molecule has 1 heterocycles. The van der Waals surface area contributed by atoms with Gasteiger partial charge in [-0.1, -0.05) is 24.8 Å². The minimum absolute atomic E-state index is 0.400. The lowest BCUT2D eigenvalue weighted by Crippen LogP contribution is -2.10. The molecule has 0 amide bonds. The number of halogens is 1. The summed E-state index contributed by atoms with van der Waals surface area (Å²) in [6.45, 7) is 6.21. The molecule has 1 saturated heterocycles.